The number of nitrogens with one attached hydrogen (secondary N) is 2. The van der Waals surface area contributed by atoms with Gasteiger partial charge in [-0.25, -0.2) is 4.79 Å². The molecule has 4 aromatic rings. The SMILES string of the molecule is Cc1ccc(Cn2c(=O)[nH]c3cc(Nc4ccccc4)ccc32)cc1C. The first-order valence-corrected chi connectivity index (χ1v) is 8.71. The highest BCUT2D eigenvalue weighted by Crippen LogP contribution is 2.21. The molecule has 0 aliphatic carbocycles. The first kappa shape index (κ1) is 16.2. The zero-order valence-electron chi connectivity index (χ0n) is 14.9. The van der Waals surface area contributed by atoms with Crippen LogP contribution in [0.4, 0.5) is 11.4 Å². The standard InChI is InChI=1S/C22H21N3O/c1-15-8-9-17(12-16(15)2)14-25-21-11-10-19(13-20(21)24-22(25)26)23-18-6-4-3-5-7-18/h3-13,23H,14H2,1-2H3,(H,24,26). The van der Waals surface area contributed by atoms with Crippen molar-refractivity contribution >= 4 is 22.4 Å². The molecule has 26 heavy (non-hydrogen) atoms. The highest BCUT2D eigenvalue weighted by atomic mass is 16.1. The molecular formula is C22H21N3O. The van der Waals surface area contributed by atoms with Crippen LogP contribution in [0.15, 0.2) is 71.5 Å². The van der Waals surface area contributed by atoms with E-state index >= 15 is 0 Å². The molecule has 3 aromatic carbocycles. The van der Waals surface area contributed by atoms with Gasteiger partial charge in [-0.05, 0) is 60.9 Å². The molecule has 4 heteroatoms. The summed E-state index contributed by atoms with van der Waals surface area (Å²) in [5.41, 5.74) is 7.25. The monoisotopic (exact) mass is 343 g/mol. The first-order chi connectivity index (χ1) is 12.6. The van der Waals surface area contributed by atoms with Crippen LogP contribution in [0.1, 0.15) is 16.7 Å². The van der Waals surface area contributed by atoms with Gasteiger partial charge in [0.1, 0.15) is 0 Å². The van der Waals surface area contributed by atoms with E-state index in [1.165, 1.54) is 11.1 Å². The Morgan fingerprint density at radius 3 is 2.46 bits per heavy atom. The Morgan fingerprint density at radius 2 is 1.69 bits per heavy atom. The second kappa shape index (κ2) is 6.56. The molecule has 4 nitrogen and oxygen atoms in total. The topological polar surface area (TPSA) is 49.8 Å². The molecule has 1 heterocycles. The van der Waals surface area contributed by atoms with Gasteiger partial charge in [0, 0.05) is 11.4 Å². The van der Waals surface area contributed by atoms with Crippen LogP contribution in [0.5, 0.6) is 0 Å². The third-order valence-electron chi connectivity index (χ3n) is 4.75. The first-order valence-electron chi connectivity index (χ1n) is 8.71. The van der Waals surface area contributed by atoms with E-state index < -0.39 is 0 Å². The zero-order valence-corrected chi connectivity index (χ0v) is 14.9. The number of nitrogens with zero attached hydrogens (tertiary/aromatic N) is 1. The zero-order chi connectivity index (χ0) is 18.1. The maximum Gasteiger partial charge on any atom is 0.326 e. The van der Waals surface area contributed by atoms with Crippen LogP contribution in [0.25, 0.3) is 11.0 Å². The lowest BCUT2D eigenvalue weighted by molar-refractivity contribution is 0.786. The van der Waals surface area contributed by atoms with Crippen molar-refractivity contribution in [2.24, 2.45) is 0 Å². The van der Waals surface area contributed by atoms with Crippen molar-refractivity contribution in [1.29, 1.82) is 0 Å². The highest BCUT2D eigenvalue weighted by molar-refractivity contribution is 5.81. The molecule has 0 saturated heterocycles. The van der Waals surface area contributed by atoms with Crippen molar-refractivity contribution in [1.82, 2.24) is 9.55 Å². The summed E-state index contributed by atoms with van der Waals surface area (Å²) in [6, 6.07) is 22.3. The number of imidazole rings is 1. The van der Waals surface area contributed by atoms with E-state index in [0.717, 1.165) is 28.0 Å². The lowest BCUT2D eigenvalue weighted by Gasteiger charge is -2.08. The molecule has 4 rings (SSSR count). The minimum atomic E-state index is -0.0879. The minimum Gasteiger partial charge on any atom is -0.355 e. The van der Waals surface area contributed by atoms with Crippen molar-refractivity contribution in [3.05, 3.63) is 93.9 Å². The van der Waals surface area contributed by atoms with E-state index in [9.17, 15) is 4.79 Å². The predicted molar refractivity (Wildman–Crippen MR) is 107 cm³/mol. The lowest BCUT2D eigenvalue weighted by atomic mass is 10.1. The molecule has 0 amide bonds. The summed E-state index contributed by atoms with van der Waals surface area (Å²) >= 11 is 0. The molecule has 0 fully saturated rings. The van der Waals surface area contributed by atoms with Crippen LogP contribution in [-0.4, -0.2) is 9.55 Å². The van der Waals surface area contributed by atoms with E-state index in [2.05, 4.69) is 42.3 Å². The van der Waals surface area contributed by atoms with Crippen LogP contribution in [0.3, 0.4) is 0 Å². The van der Waals surface area contributed by atoms with Gasteiger partial charge >= 0.3 is 5.69 Å². The number of aromatic nitrogens is 2. The summed E-state index contributed by atoms with van der Waals surface area (Å²) in [5, 5.41) is 3.36. The van der Waals surface area contributed by atoms with Crippen molar-refractivity contribution in [2.45, 2.75) is 20.4 Å². The van der Waals surface area contributed by atoms with E-state index in [4.69, 9.17) is 0 Å². The molecule has 0 aliphatic heterocycles. The van der Waals surface area contributed by atoms with Gasteiger partial charge in [0.05, 0.1) is 17.6 Å². The summed E-state index contributed by atoms with van der Waals surface area (Å²) in [6.45, 7) is 4.75. The molecule has 0 bridgehead atoms. The number of rotatable bonds is 4. The molecule has 0 aliphatic rings. The molecule has 0 spiro atoms. The quantitative estimate of drug-likeness (QED) is 0.562. The van der Waals surface area contributed by atoms with E-state index in [-0.39, 0.29) is 5.69 Å². The van der Waals surface area contributed by atoms with Crippen LogP contribution < -0.4 is 11.0 Å². The number of para-hydroxylation sites is 1. The molecule has 2 N–H and O–H groups in total. The van der Waals surface area contributed by atoms with Gasteiger partial charge in [-0.1, -0.05) is 36.4 Å². The average molecular weight is 343 g/mol. The Balaban J connectivity index is 1.67. The maximum atomic E-state index is 12.5. The fraction of sp³-hybridized carbons (Fsp3) is 0.136. The summed E-state index contributed by atoms with van der Waals surface area (Å²) in [5.74, 6) is 0. The number of hydrogen-bond donors (Lipinski definition) is 2. The summed E-state index contributed by atoms with van der Waals surface area (Å²) < 4.78 is 1.78. The predicted octanol–water partition coefficient (Wildman–Crippen LogP) is 4.74. The Morgan fingerprint density at radius 1 is 0.885 bits per heavy atom. The fourth-order valence-corrected chi connectivity index (χ4v) is 3.17. The third-order valence-corrected chi connectivity index (χ3v) is 4.75. The Labute approximate surface area is 152 Å². The molecule has 1 aromatic heterocycles. The van der Waals surface area contributed by atoms with E-state index in [0.29, 0.717) is 6.54 Å². The third kappa shape index (κ3) is 3.14. The van der Waals surface area contributed by atoms with Crippen molar-refractivity contribution in [3.63, 3.8) is 0 Å². The van der Waals surface area contributed by atoms with Crippen LogP contribution >= 0.6 is 0 Å². The van der Waals surface area contributed by atoms with Gasteiger partial charge in [0.25, 0.3) is 0 Å². The van der Waals surface area contributed by atoms with Gasteiger partial charge in [-0.2, -0.15) is 0 Å². The number of benzene rings is 3. The molecule has 0 atom stereocenters. The summed E-state index contributed by atoms with van der Waals surface area (Å²) in [6.07, 6.45) is 0. The Kier molecular flexibility index (Phi) is 4.09. The lowest BCUT2D eigenvalue weighted by Crippen LogP contribution is -2.17. The smallest absolute Gasteiger partial charge is 0.326 e. The summed E-state index contributed by atoms with van der Waals surface area (Å²) in [4.78, 5) is 15.4. The van der Waals surface area contributed by atoms with Crippen molar-refractivity contribution < 1.29 is 0 Å². The molecule has 0 radical (unpaired) electrons. The van der Waals surface area contributed by atoms with Gasteiger partial charge in [0.2, 0.25) is 0 Å². The molecule has 130 valence electrons. The van der Waals surface area contributed by atoms with E-state index in [1.807, 2.05) is 48.5 Å². The fourth-order valence-electron chi connectivity index (χ4n) is 3.17. The minimum absolute atomic E-state index is 0.0879. The number of aromatic amines is 1. The second-order valence-electron chi connectivity index (χ2n) is 6.66. The van der Waals surface area contributed by atoms with Crippen molar-refractivity contribution in [2.75, 3.05) is 5.32 Å². The van der Waals surface area contributed by atoms with Crippen LogP contribution in [-0.2, 0) is 6.54 Å². The normalized spacial score (nSPS) is 11.0. The van der Waals surface area contributed by atoms with Gasteiger partial charge in [-0.3, -0.25) is 4.57 Å². The van der Waals surface area contributed by atoms with Crippen LogP contribution in [0, 0.1) is 13.8 Å². The number of H-pyrrole nitrogens is 1. The number of hydrogen-bond acceptors (Lipinski definition) is 2. The maximum absolute atomic E-state index is 12.5. The van der Waals surface area contributed by atoms with Crippen molar-refractivity contribution in [3.8, 4) is 0 Å². The van der Waals surface area contributed by atoms with Gasteiger partial charge in [-0.15, -0.1) is 0 Å². The van der Waals surface area contributed by atoms with Gasteiger partial charge < -0.3 is 10.3 Å². The summed E-state index contributed by atoms with van der Waals surface area (Å²) in [7, 11) is 0. The second-order valence-corrected chi connectivity index (χ2v) is 6.66. The van der Waals surface area contributed by atoms with Crippen LogP contribution in [0.2, 0.25) is 0 Å². The molecule has 0 saturated carbocycles. The Hall–Kier alpha value is -3.27. The Bertz CT molecular complexity index is 1120. The average Bonchev–Trinajstić information content (AvgIpc) is 2.94. The number of fused-ring (bicyclic) bond motifs is 1. The largest absolute Gasteiger partial charge is 0.355 e. The highest BCUT2D eigenvalue weighted by Gasteiger charge is 2.09. The number of anilines is 2. The molecular weight excluding hydrogens is 322 g/mol. The molecule has 0 unspecified atom stereocenters. The van der Waals surface area contributed by atoms with Gasteiger partial charge in [0.15, 0.2) is 0 Å². The van der Waals surface area contributed by atoms with E-state index in [1.54, 1.807) is 4.57 Å². The number of aryl methyl sites for hydroxylation is 2.